The van der Waals surface area contributed by atoms with Crippen molar-refractivity contribution in [1.29, 1.82) is 0 Å². The summed E-state index contributed by atoms with van der Waals surface area (Å²) in [5.41, 5.74) is 2.54. The molecule has 0 aromatic carbocycles. The number of hydrogen-bond donors (Lipinski definition) is 1. The summed E-state index contributed by atoms with van der Waals surface area (Å²) in [6.45, 7) is 8.27. The van der Waals surface area contributed by atoms with Crippen molar-refractivity contribution in [3.8, 4) is 0 Å². The zero-order valence-corrected chi connectivity index (χ0v) is 9.60. The smallest absolute Gasteiger partial charge is 0.0136 e. The van der Waals surface area contributed by atoms with Crippen LogP contribution in [0.1, 0.15) is 52.4 Å². The SMILES string of the molecule is C=C(CC)N/C(=C\C)C1CCCCC1. The third-order valence-corrected chi connectivity index (χ3v) is 3.10. The van der Waals surface area contributed by atoms with Gasteiger partial charge in [0, 0.05) is 11.4 Å². The molecule has 1 rings (SSSR count). The Morgan fingerprint density at radius 2 is 2.00 bits per heavy atom. The minimum Gasteiger partial charge on any atom is -0.363 e. The lowest BCUT2D eigenvalue weighted by Crippen LogP contribution is -2.21. The second kappa shape index (κ2) is 5.90. The van der Waals surface area contributed by atoms with Crippen molar-refractivity contribution in [2.45, 2.75) is 52.4 Å². The maximum absolute atomic E-state index is 4.00. The molecule has 1 N–H and O–H groups in total. The molecule has 0 aromatic heterocycles. The van der Waals surface area contributed by atoms with Crippen LogP contribution in [-0.2, 0) is 0 Å². The minimum absolute atomic E-state index is 0.761. The van der Waals surface area contributed by atoms with Crippen LogP contribution in [0.4, 0.5) is 0 Å². The average molecular weight is 193 g/mol. The summed E-state index contributed by atoms with van der Waals surface area (Å²) >= 11 is 0. The molecule has 0 radical (unpaired) electrons. The van der Waals surface area contributed by atoms with Crippen LogP contribution in [0.25, 0.3) is 0 Å². The van der Waals surface area contributed by atoms with E-state index in [9.17, 15) is 0 Å². The Morgan fingerprint density at radius 3 is 2.50 bits per heavy atom. The highest BCUT2D eigenvalue weighted by molar-refractivity contribution is 5.11. The summed E-state index contributed by atoms with van der Waals surface area (Å²) in [6.07, 6.45) is 10.1. The van der Waals surface area contributed by atoms with Gasteiger partial charge in [-0.1, -0.05) is 38.8 Å². The maximum atomic E-state index is 4.00. The van der Waals surface area contributed by atoms with Crippen LogP contribution >= 0.6 is 0 Å². The predicted octanol–water partition coefficient (Wildman–Crippen LogP) is 3.98. The summed E-state index contributed by atoms with van der Waals surface area (Å²) in [5, 5.41) is 3.45. The van der Waals surface area contributed by atoms with Crippen LogP contribution in [0, 0.1) is 5.92 Å². The lowest BCUT2D eigenvalue weighted by molar-refractivity contribution is 0.390. The van der Waals surface area contributed by atoms with Crippen molar-refractivity contribution in [3.63, 3.8) is 0 Å². The van der Waals surface area contributed by atoms with Crippen LogP contribution < -0.4 is 5.32 Å². The molecule has 0 unspecified atom stereocenters. The van der Waals surface area contributed by atoms with Crippen molar-refractivity contribution < 1.29 is 0 Å². The molecular formula is C13H23N. The average Bonchev–Trinajstić information content (AvgIpc) is 2.26. The van der Waals surface area contributed by atoms with Gasteiger partial charge < -0.3 is 5.32 Å². The van der Waals surface area contributed by atoms with E-state index in [-0.39, 0.29) is 0 Å². The maximum Gasteiger partial charge on any atom is 0.0136 e. The second-order valence-corrected chi connectivity index (χ2v) is 4.16. The first kappa shape index (κ1) is 11.4. The summed E-state index contributed by atoms with van der Waals surface area (Å²) in [7, 11) is 0. The molecule has 0 aliphatic heterocycles. The van der Waals surface area contributed by atoms with E-state index in [2.05, 4.69) is 31.8 Å². The molecule has 80 valence electrons. The van der Waals surface area contributed by atoms with Crippen molar-refractivity contribution >= 4 is 0 Å². The Kier molecular flexibility index (Phi) is 4.78. The Morgan fingerprint density at radius 1 is 1.36 bits per heavy atom. The molecular weight excluding hydrogens is 170 g/mol. The van der Waals surface area contributed by atoms with E-state index >= 15 is 0 Å². The van der Waals surface area contributed by atoms with Gasteiger partial charge in [-0.15, -0.1) is 0 Å². The van der Waals surface area contributed by atoms with Gasteiger partial charge >= 0.3 is 0 Å². The van der Waals surface area contributed by atoms with Crippen molar-refractivity contribution in [1.82, 2.24) is 5.32 Å². The first-order valence-corrected chi connectivity index (χ1v) is 5.89. The number of hydrogen-bond acceptors (Lipinski definition) is 1. The zero-order valence-electron chi connectivity index (χ0n) is 9.60. The largest absolute Gasteiger partial charge is 0.363 e. The molecule has 1 heteroatoms. The normalized spacial score (nSPS) is 19.4. The van der Waals surface area contributed by atoms with Crippen LogP contribution in [0.2, 0.25) is 0 Å². The fourth-order valence-corrected chi connectivity index (χ4v) is 2.12. The highest BCUT2D eigenvalue weighted by Gasteiger charge is 2.17. The van der Waals surface area contributed by atoms with Gasteiger partial charge in [-0.2, -0.15) is 0 Å². The third-order valence-electron chi connectivity index (χ3n) is 3.10. The summed E-state index contributed by atoms with van der Waals surface area (Å²) in [6, 6.07) is 0. The molecule has 0 aromatic rings. The molecule has 1 aliphatic rings. The molecule has 0 atom stereocenters. The highest BCUT2D eigenvalue weighted by Crippen LogP contribution is 2.28. The molecule has 0 heterocycles. The van der Waals surface area contributed by atoms with E-state index < -0.39 is 0 Å². The molecule has 0 amide bonds. The lowest BCUT2D eigenvalue weighted by Gasteiger charge is -2.25. The molecule has 0 spiro atoms. The van der Waals surface area contributed by atoms with Crippen LogP contribution in [0.5, 0.6) is 0 Å². The number of nitrogens with one attached hydrogen (secondary N) is 1. The van der Waals surface area contributed by atoms with Gasteiger partial charge in [0.2, 0.25) is 0 Å². The Labute approximate surface area is 88.3 Å². The zero-order chi connectivity index (χ0) is 10.4. The lowest BCUT2D eigenvalue weighted by atomic mass is 9.86. The fraction of sp³-hybridized carbons (Fsp3) is 0.692. The second-order valence-electron chi connectivity index (χ2n) is 4.16. The highest BCUT2D eigenvalue weighted by atomic mass is 14.9. The quantitative estimate of drug-likeness (QED) is 0.712. The van der Waals surface area contributed by atoms with E-state index in [4.69, 9.17) is 0 Å². The van der Waals surface area contributed by atoms with Gasteiger partial charge in [0.1, 0.15) is 0 Å². The van der Waals surface area contributed by atoms with Crippen LogP contribution in [0.15, 0.2) is 24.0 Å². The molecule has 0 saturated heterocycles. The molecule has 1 saturated carbocycles. The van der Waals surface area contributed by atoms with Crippen LogP contribution in [0.3, 0.4) is 0 Å². The van der Waals surface area contributed by atoms with E-state index in [1.165, 1.54) is 37.8 Å². The summed E-state index contributed by atoms with van der Waals surface area (Å²) in [5.74, 6) is 0.761. The Bertz CT molecular complexity index is 209. The monoisotopic (exact) mass is 193 g/mol. The van der Waals surface area contributed by atoms with E-state index in [0.717, 1.165) is 18.0 Å². The summed E-state index contributed by atoms with van der Waals surface area (Å²) < 4.78 is 0. The fourth-order valence-electron chi connectivity index (χ4n) is 2.12. The van der Waals surface area contributed by atoms with E-state index in [1.54, 1.807) is 0 Å². The van der Waals surface area contributed by atoms with Gasteiger partial charge in [0.25, 0.3) is 0 Å². The molecule has 1 nitrogen and oxygen atoms in total. The van der Waals surface area contributed by atoms with Crippen molar-refractivity contribution in [3.05, 3.63) is 24.0 Å². The summed E-state index contributed by atoms with van der Waals surface area (Å²) in [4.78, 5) is 0. The van der Waals surface area contributed by atoms with Crippen LogP contribution in [-0.4, -0.2) is 0 Å². The Hall–Kier alpha value is -0.720. The van der Waals surface area contributed by atoms with Gasteiger partial charge in [-0.05, 0) is 32.1 Å². The number of rotatable bonds is 4. The van der Waals surface area contributed by atoms with Gasteiger partial charge in [-0.25, -0.2) is 0 Å². The Balaban J connectivity index is 2.48. The van der Waals surface area contributed by atoms with Gasteiger partial charge in [0.15, 0.2) is 0 Å². The minimum atomic E-state index is 0.761. The molecule has 1 fully saturated rings. The molecule has 0 bridgehead atoms. The standard InChI is InChI=1S/C13H23N/c1-4-11(3)14-13(5-2)12-9-7-6-8-10-12/h5,12,14H,3-4,6-10H2,1-2H3/b13-5-. The predicted molar refractivity (Wildman–Crippen MR) is 62.9 cm³/mol. The first-order chi connectivity index (χ1) is 6.77. The third kappa shape index (κ3) is 3.21. The van der Waals surface area contributed by atoms with E-state index in [1.807, 2.05) is 0 Å². The van der Waals surface area contributed by atoms with E-state index in [0.29, 0.717) is 0 Å². The van der Waals surface area contributed by atoms with Crippen molar-refractivity contribution in [2.24, 2.45) is 5.92 Å². The molecule has 1 aliphatic carbocycles. The first-order valence-electron chi connectivity index (χ1n) is 5.89. The van der Waals surface area contributed by atoms with Gasteiger partial charge in [0.05, 0.1) is 0 Å². The topological polar surface area (TPSA) is 12.0 Å². The van der Waals surface area contributed by atoms with Crippen molar-refractivity contribution in [2.75, 3.05) is 0 Å². The molecule has 14 heavy (non-hydrogen) atoms. The van der Waals surface area contributed by atoms with Gasteiger partial charge in [-0.3, -0.25) is 0 Å². The number of allylic oxidation sites excluding steroid dienone is 3.